The number of sulfonamides is 1. The lowest BCUT2D eigenvalue weighted by Crippen LogP contribution is -2.19. The van der Waals surface area contributed by atoms with Crippen molar-refractivity contribution in [1.29, 1.82) is 0 Å². The SMILES string of the molecule is Cc1cccc(CS(=O)(=O)Nc2ccc3c(c2)NC(=O)CS3)c1. The van der Waals surface area contributed by atoms with E-state index in [1.54, 1.807) is 18.2 Å². The molecule has 0 saturated carbocycles. The van der Waals surface area contributed by atoms with Crippen LogP contribution >= 0.6 is 11.8 Å². The smallest absolute Gasteiger partial charge is 0.236 e. The zero-order valence-electron chi connectivity index (χ0n) is 12.5. The lowest BCUT2D eigenvalue weighted by atomic mass is 10.2. The van der Waals surface area contributed by atoms with Crippen LogP contribution in [0, 0.1) is 6.92 Å². The van der Waals surface area contributed by atoms with Gasteiger partial charge in [-0.1, -0.05) is 29.8 Å². The fourth-order valence-corrected chi connectivity index (χ4v) is 4.35. The second-order valence-corrected chi connectivity index (χ2v) is 8.14. The van der Waals surface area contributed by atoms with E-state index in [1.165, 1.54) is 11.8 Å². The maximum absolute atomic E-state index is 12.3. The van der Waals surface area contributed by atoms with E-state index in [9.17, 15) is 13.2 Å². The number of anilines is 2. The van der Waals surface area contributed by atoms with Gasteiger partial charge in [-0.05, 0) is 30.7 Å². The van der Waals surface area contributed by atoms with Gasteiger partial charge in [-0.25, -0.2) is 8.42 Å². The Balaban J connectivity index is 1.78. The van der Waals surface area contributed by atoms with Gasteiger partial charge in [0.15, 0.2) is 0 Å². The maximum Gasteiger partial charge on any atom is 0.236 e. The summed E-state index contributed by atoms with van der Waals surface area (Å²) in [7, 11) is -3.51. The summed E-state index contributed by atoms with van der Waals surface area (Å²) in [6.07, 6.45) is 0. The molecule has 1 aliphatic rings. The van der Waals surface area contributed by atoms with Crippen LogP contribution < -0.4 is 10.0 Å². The minimum atomic E-state index is -3.51. The normalized spacial score (nSPS) is 14.0. The number of fused-ring (bicyclic) bond motifs is 1. The van der Waals surface area contributed by atoms with Crippen molar-refractivity contribution in [3.8, 4) is 0 Å². The number of thioether (sulfide) groups is 1. The number of hydrogen-bond acceptors (Lipinski definition) is 4. The molecule has 0 aromatic heterocycles. The van der Waals surface area contributed by atoms with Gasteiger partial charge in [0.25, 0.3) is 0 Å². The van der Waals surface area contributed by atoms with Crippen LogP contribution in [-0.4, -0.2) is 20.1 Å². The third-order valence-electron chi connectivity index (χ3n) is 3.32. The summed E-state index contributed by atoms with van der Waals surface area (Å²) in [4.78, 5) is 12.4. The molecule has 1 heterocycles. The molecule has 2 aromatic carbocycles. The fourth-order valence-electron chi connectivity index (χ4n) is 2.38. The fraction of sp³-hybridized carbons (Fsp3) is 0.188. The largest absolute Gasteiger partial charge is 0.324 e. The Morgan fingerprint density at radius 2 is 2.04 bits per heavy atom. The summed E-state index contributed by atoms with van der Waals surface area (Å²) in [5.74, 6) is 0.209. The quantitative estimate of drug-likeness (QED) is 0.891. The maximum atomic E-state index is 12.3. The Bertz CT molecular complexity index is 863. The summed E-state index contributed by atoms with van der Waals surface area (Å²) in [6, 6.07) is 12.6. The molecule has 1 aliphatic heterocycles. The van der Waals surface area contributed by atoms with Crippen LogP contribution in [0.15, 0.2) is 47.4 Å². The molecule has 120 valence electrons. The van der Waals surface area contributed by atoms with Gasteiger partial charge >= 0.3 is 0 Å². The molecule has 0 radical (unpaired) electrons. The van der Waals surface area contributed by atoms with E-state index in [0.29, 0.717) is 17.1 Å². The van der Waals surface area contributed by atoms with Gasteiger partial charge in [0.2, 0.25) is 15.9 Å². The van der Waals surface area contributed by atoms with Crippen molar-refractivity contribution in [2.24, 2.45) is 0 Å². The summed E-state index contributed by atoms with van der Waals surface area (Å²) in [6.45, 7) is 1.92. The second kappa shape index (κ2) is 6.25. The van der Waals surface area contributed by atoms with Crippen molar-refractivity contribution < 1.29 is 13.2 Å². The van der Waals surface area contributed by atoms with Crippen LogP contribution in [0.5, 0.6) is 0 Å². The van der Waals surface area contributed by atoms with Gasteiger partial charge in [0.1, 0.15) is 0 Å². The molecule has 0 atom stereocenters. The predicted octanol–water partition coefficient (Wildman–Crippen LogP) is 2.98. The Kier molecular flexibility index (Phi) is 4.32. The van der Waals surface area contributed by atoms with Crippen LogP contribution in [0.2, 0.25) is 0 Å². The first-order chi connectivity index (χ1) is 10.9. The molecule has 7 heteroatoms. The lowest BCUT2D eigenvalue weighted by Gasteiger charge is -2.17. The van der Waals surface area contributed by atoms with Gasteiger partial charge in [-0.3, -0.25) is 9.52 Å². The Hall–Kier alpha value is -1.99. The highest BCUT2D eigenvalue weighted by Gasteiger charge is 2.17. The van der Waals surface area contributed by atoms with Gasteiger partial charge < -0.3 is 5.32 Å². The zero-order valence-corrected chi connectivity index (χ0v) is 14.1. The first-order valence-electron chi connectivity index (χ1n) is 7.04. The van der Waals surface area contributed by atoms with Crippen LogP contribution in [0.1, 0.15) is 11.1 Å². The number of aryl methyl sites for hydroxylation is 1. The zero-order chi connectivity index (χ0) is 16.4. The topological polar surface area (TPSA) is 75.3 Å². The molecule has 1 amide bonds. The molecule has 23 heavy (non-hydrogen) atoms. The van der Waals surface area contributed by atoms with Crippen molar-refractivity contribution in [2.45, 2.75) is 17.6 Å². The van der Waals surface area contributed by atoms with Crippen LogP contribution in [0.4, 0.5) is 11.4 Å². The predicted molar refractivity (Wildman–Crippen MR) is 93.2 cm³/mol. The van der Waals surface area contributed by atoms with Crippen molar-refractivity contribution in [3.63, 3.8) is 0 Å². The molecule has 0 saturated heterocycles. The standard InChI is InChI=1S/C16H16N2O3S2/c1-11-3-2-4-12(7-11)10-23(20,21)18-13-5-6-15-14(8-13)17-16(19)9-22-15/h2-8,18H,9-10H2,1H3,(H,17,19). The number of rotatable bonds is 4. The highest BCUT2D eigenvalue weighted by Crippen LogP contribution is 2.33. The Morgan fingerprint density at radius 1 is 1.22 bits per heavy atom. The number of hydrogen-bond donors (Lipinski definition) is 2. The number of amides is 1. The summed E-state index contributed by atoms with van der Waals surface area (Å²) >= 11 is 1.44. The molecule has 0 unspecified atom stereocenters. The van der Waals surface area contributed by atoms with E-state index in [-0.39, 0.29) is 11.7 Å². The summed E-state index contributed by atoms with van der Waals surface area (Å²) < 4.78 is 27.2. The Labute approximate surface area is 139 Å². The monoisotopic (exact) mass is 348 g/mol. The van der Waals surface area contributed by atoms with Gasteiger partial charge in [-0.2, -0.15) is 0 Å². The van der Waals surface area contributed by atoms with Crippen molar-refractivity contribution in [2.75, 3.05) is 15.8 Å². The first kappa shape index (κ1) is 15.9. The number of carbonyl (C=O) groups is 1. The summed E-state index contributed by atoms with van der Waals surface area (Å²) in [5, 5.41) is 2.75. The van der Waals surface area contributed by atoms with E-state index in [4.69, 9.17) is 0 Å². The van der Waals surface area contributed by atoms with Crippen molar-refractivity contribution in [3.05, 3.63) is 53.6 Å². The van der Waals surface area contributed by atoms with Gasteiger partial charge in [0, 0.05) is 4.90 Å². The van der Waals surface area contributed by atoms with Crippen molar-refractivity contribution >= 4 is 39.1 Å². The third-order valence-corrected chi connectivity index (χ3v) is 5.66. The van der Waals surface area contributed by atoms with E-state index >= 15 is 0 Å². The molecule has 0 spiro atoms. The van der Waals surface area contributed by atoms with Crippen LogP contribution in [0.25, 0.3) is 0 Å². The van der Waals surface area contributed by atoms with E-state index in [2.05, 4.69) is 10.0 Å². The van der Waals surface area contributed by atoms with E-state index in [0.717, 1.165) is 16.0 Å². The van der Waals surface area contributed by atoms with Gasteiger partial charge in [-0.15, -0.1) is 11.8 Å². The van der Waals surface area contributed by atoms with E-state index in [1.807, 2.05) is 31.2 Å². The lowest BCUT2D eigenvalue weighted by molar-refractivity contribution is -0.113. The van der Waals surface area contributed by atoms with Gasteiger partial charge in [0.05, 0.1) is 22.9 Å². The first-order valence-corrected chi connectivity index (χ1v) is 9.68. The number of carbonyl (C=O) groups excluding carboxylic acids is 1. The second-order valence-electron chi connectivity index (χ2n) is 5.40. The van der Waals surface area contributed by atoms with Crippen molar-refractivity contribution in [1.82, 2.24) is 0 Å². The number of nitrogens with one attached hydrogen (secondary N) is 2. The molecule has 2 aromatic rings. The molecule has 0 fully saturated rings. The molecular weight excluding hydrogens is 332 g/mol. The minimum Gasteiger partial charge on any atom is -0.324 e. The van der Waals surface area contributed by atoms with Crippen LogP contribution in [-0.2, 0) is 20.6 Å². The minimum absolute atomic E-state index is 0.0812. The van der Waals surface area contributed by atoms with Crippen LogP contribution in [0.3, 0.4) is 0 Å². The average molecular weight is 348 g/mol. The molecule has 2 N–H and O–H groups in total. The third kappa shape index (κ3) is 4.05. The highest BCUT2D eigenvalue weighted by atomic mass is 32.2. The Morgan fingerprint density at radius 3 is 2.83 bits per heavy atom. The van der Waals surface area contributed by atoms with E-state index < -0.39 is 10.0 Å². The summed E-state index contributed by atoms with van der Waals surface area (Å²) in [5.41, 5.74) is 2.84. The molecule has 5 nitrogen and oxygen atoms in total. The molecule has 0 bridgehead atoms. The molecule has 0 aliphatic carbocycles. The molecule has 3 rings (SSSR count). The highest BCUT2D eigenvalue weighted by molar-refractivity contribution is 8.00. The number of benzene rings is 2. The average Bonchev–Trinajstić information content (AvgIpc) is 2.45. The molecular formula is C16H16N2O3S2.